The summed E-state index contributed by atoms with van der Waals surface area (Å²) in [5.41, 5.74) is 1.78. The van der Waals surface area contributed by atoms with Crippen LogP contribution >= 0.6 is 0 Å². The Bertz CT molecular complexity index is 1050. The number of aromatic nitrogens is 4. The number of hydrogen-bond donors (Lipinski definition) is 4. The average Bonchev–Trinajstić information content (AvgIpc) is 3.29. The molecule has 0 fully saturated rings. The summed E-state index contributed by atoms with van der Waals surface area (Å²) < 4.78 is 40.2. The van der Waals surface area contributed by atoms with Crippen LogP contribution in [0.25, 0.3) is 0 Å². The predicted molar refractivity (Wildman–Crippen MR) is 99.7 cm³/mol. The first-order chi connectivity index (χ1) is 13.8. The van der Waals surface area contributed by atoms with Gasteiger partial charge in [0.2, 0.25) is 11.9 Å². The number of anilines is 4. The molecule has 0 spiro atoms. The van der Waals surface area contributed by atoms with Crippen LogP contribution in [0.15, 0.2) is 36.8 Å². The molecule has 1 aliphatic rings. The monoisotopic (exact) mass is 403 g/mol. The highest BCUT2D eigenvalue weighted by atomic mass is 19.4. The number of fused-ring (bicyclic) bond motifs is 1. The summed E-state index contributed by atoms with van der Waals surface area (Å²) in [5, 5.41) is 14.8. The van der Waals surface area contributed by atoms with E-state index in [4.69, 9.17) is 0 Å². The van der Waals surface area contributed by atoms with E-state index in [0.29, 0.717) is 16.9 Å². The van der Waals surface area contributed by atoms with E-state index in [9.17, 15) is 18.0 Å². The van der Waals surface area contributed by atoms with Crippen LogP contribution in [0.1, 0.15) is 29.7 Å². The molecule has 4 rings (SSSR count). The van der Waals surface area contributed by atoms with Gasteiger partial charge in [0.05, 0.1) is 18.7 Å². The Balaban J connectivity index is 1.61. The Morgan fingerprint density at radius 1 is 1.24 bits per heavy atom. The van der Waals surface area contributed by atoms with Crippen LogP contribution in [-0.4, -0.2) is 26.1 Å². The van der Waals surface area contributed by atoms with Crippen molar-refractivity contribution in [2.24, 2.45) is 0 Å². The molecule has 3 aromatic rings. The van der Waals surface area contributed by atoms with E-state index < -0.39 is 17.8 Å². The maximum Gasteiger partial charge on any atom is 0.421 e. The normalized spacial score (nSPS) is 14.3. The Morgan fingerprint density at radius 3 is 2.79 bits per heavy atom. The van der Waals surface area contributed by atoms with Crippen LogP contribution in [0.2, 0.25) is 0 Å². The Kier molecular flexibility index (Phi) is 4.57. The number of alkyl halides is 3. The Hall–Kier alpha value is -3.63. The molecule has 29 heavy (non-hydrogen) atoms. The van der Waals surface area contributed by atoms with E-state index >= 15 is 0 Å². The van der Waals surface area contributed by atoms with Crippen molar-refractivity contribution in [3.05, 3.63) is 53.5 Å². The van der Waals surface area contributed by atoms with Crippen molar-refractivity contribution in [2.75, 3.05) is 16.0 Å². The fourth-order valence-electron chi connectivity index (χ4n) is 2.98. The van der Waals surface area contributed by atoms with Gasteiger partial charge >= 0.3 is 6.18 Å². The molecular formula is C18H16F3N7O. The van der Waals surface area contributed by atoms with Gasteiger partial charge in [0, 0.05) is 29.3 Å². The molecule has 3 heterocycles. The quantitative estimate of drug-likeness (QED) is 0.518. The number of benzene rings is 1. The summed E-state index contributed by atoms with van der Waals surface area (Å²) in [6.07, 6.45) is -0.529. The van der Waals surface area contributed by atoms with Crippen LogP contribution in [0.3, 0.4) is 0 Å². The molecule has 0 aliphatic carbocycles. The summed E-state index contributed by atoms with van der Waals surface area (Å²) in [7, 11) is 0. The summed E-state index contributed by atoms with van der Waals surface area (Å²) in [4.78, 5) is 19.3. The SMILES string of the molecule is CC(Nc1nc(Nc2ccc3c(c2)CC(=O)N3)ncc1C(F)(F)F)c1cn[nH]c1. The average molecular weight is 403 g/mol. The lowest BCUT2D eigenvalue weighted by Crippen LogP contribution is -2.16. The number of halogens is 3. The van der Waals surface area contributed by atoms with Gasteiger partial charge < -0.3 is 16.0 Å². The van der Waals surface area contributed by atoms with Crippen molar-refractivity contribution >= 4 is 29.0 Å². The zero-order valence-electron chi connectivity index (χ0n) is 15.1. The molecule has 11 heteroatoms. The fourth-order valence-corrected chi connectivity index (χ4v) is 2.98. The first-order valence-corrected chi connectivity index (χ1v) is 8.69. The summed E-state index contributed by atoms with van der Waals surface area (Å²) >= 11 is 0. The molecule has 2 aromatic heterocycles. The van der Waals surface area contributed by atoms with E-state index in [2.05, 4.69) is 36.1 Å². The highest BCUT2D eigenvalue weighted by Crippen LogP contribution is 2.35. The van der Waals surface area contributed by atoms with Gasteiger partial charge in [-0.05, 0) is 30.7 Å². The van der Waals surface area contributed by atoms with Crippen molar-refractivity contribution < 1.29 is 18.0 Å². The van der Waals surface area contributed by atoms with E-state index in [1.54, 1.807) is 31.3 Å². The lowest BCUT2D eigenvalue weighted by Gasteiger charge is -2.18. The van der Waals surface area contributed by atoms with Crippen molar-refractivity contribution in [1.29, 1.82) is 0 Å². The van der Waals surface area contributed by atoms with E-state index in [1.807, 2.05) is 0 Å². The molecule has 1 aromatic carbocycles. The smallest absolute Gasteiger partial charge is 0.363 e. The number of hydrogen-bond acceptors (Lipinski definition) is 6. The number of rotatable bonds is 5. The molecule has 1 amide bonds. The number of nitrogens with one attached hydrogen (secondary N) is 4. The van der Waals surface area contributed by atoms with E-state index in [-0.39, 0.29) is 24.1 Å². The number of nitrogens with zero attached hydrogens (tertiary/aromatic N) is 3. The molecule has 1 unspecified atom stereocenters. The summed E-state index contributed by atoms with van der Waals surface area (Å²) in [6.45, 7) is 1.70. The molecule has 1 aliphatic heterocycles. The van der Waals surface area contributed by atoms with E-state index in [1.165, 1.54) is 6.20 Å². The standard InChI is InChI=1S/C18H16F3N7O/c1-9(11-6-23-24-7-11)25-16-13(18(19,20)21)8-22-17(28-16)26-12-2-3-14-10(4-12)5-15(29)27-14/h2-4,6-9H,5H2,1H3,(H,23,24)(H,27,29)(H2,22,25,26,28). The lowest BCUT2D eigenvalue weighted by atomic mass is 10.1. The molecule has 4 N–H and O–H groups in total. The van der Waals surface area contributed by atoms with Gasteiger partial charge in [-0.15, -0.1) is 0 Å². The predicted octanol–water partition coefficient (Wildman–Crippen LogP) is 3.63. The van der Waals surface area contributed by atoms with Gasteiger partial charge in [-0.2, -0.15) is 23.3 Å². The zero-order valence-corrected chi connectivity index (χ0v) is 15.1. The first kappa shape index (κ1) is 18.7. The van der Waals surface area contributed by atoms with Crippen LogP contribution < -0.4 is 16.0 Å². The molecule has 0 saturated heterocycles. The molecule has 0 bridgehead atoms. The molecular weight excluding hydrogens is 387 g/mol. The van der Waals surface area contributed by atoms with Gasteiger partial charge in [-0.3, -0.25) is 9.89 Å². The minimum Gasteiger partial charge on any atom is -0.363 e. The first-order valence-electron chi connectivity index (χ1n) is 8.69. The van der Waals surface area contributed by atoms with Crippen LogP contribution in [0, 0.1) is 0 Å². The minimum atomic E-state index is -4.61. The molecule has 0 saturated carbocycles. The van der Waals surface area contributed by atoms with Crippen molar-refractivity contribution in [3.8, 4) is 0 Å². The second-order valence-corrected chi connectivity index (χ2v) is 6.57. The van der Waals surface area contributed by atoms with Crippen LogP contribution in [0.4, 0.5) is 36.3 Å². The molecule has 150 valence electrons. The second kappa shape index (κ2) is 7.08. The fraction of sp³-hybridized carbons (Fsp3) is 0.222. The number of carbonyl (C=O) groups is 1. The molecule has 0 radical (unpaired) electrons. The maximum absolute atomic E-state index is 13.4. The van der Waals surface area contributed by atoms with Gasteiger partial charge in [0.1, 0.15) is 11.4 Å². The Labute approximate surface area is 163 Å². The van der Waals surface area contributed by atoms with Crippen molar-refractivity contribution in [1.82, 2.24) is 20.2 Å². The van der Waals surface area contributed by atoms with Crippen molar-refractivity contribution in [2.45, 2.75) is 25.6 Å². The molecule has 1 atom stereocenters. The summed E-state index contributed by atoms with van der Waals surface area (Å²) in [5.74, 6) is -0.457. The van der Waals surface area contributed by atoms with Crippen LogP contribution in [-0.2, 0) is 17.4 Å². The van der Waals surface area contributed by atoms with E-state index in [0.717, 1.165) is 11.8 Å². The second-order valence-electron chi connectivity index (χ2n) is 6.57. The Morgan fingerprint density at radius 2 is 2.07 bits per heavy atom. The van der Waals surface area contributed by atoms with Gasteiger partial charge in [-0.25, -0.2) is 4.98 Å². The number of H-pyrrole nitrogens is 1. The third kappa shape index (κ3) is 3.98. The molecule has 8 nitrogen and oxygen atoms in total. The highest BCUT2D eigenvalue weighted by Gasteiger charge is 2.35. The zero-order chi connectivity index (χ0) is 20.6. The maximum atomic E-state index is 13.4. The number of amides is 1. The van der Waals surface area contributed by atoms with Gasteiger partial charge in [0.15, 0.2) is 0 Å². The number of aromatic amines is 1. The highest BCUT2D eigenvalue weighted by molar-refractivity contribution is 5.99. The lowest BCUT2D eigenvalue weighted by molar-refractivity contribution is -0.137. The third-order valence-electron chi connectivity index (χ3n) is 4.45. The topological polar surface area (TPSA) is 108 Å². The largest absolute Gasteiger partial charge is 0.421 e. The number of carbonyl (C=O) groups excluding carboxylic acids is 1. The third-order valence-corrected chi connectivity index (χ3v) is 4.45. The van der Waals surface area contributed by atoms with Gasteiger partial charge in [-0.1, -0.05) is 0 Å². The van der Waals surface area contributed by atoms with Crippen molar-refractivity contribution in [3.63, 3.8) is 0 Å². The summed E-state index contributed by atoms with van der Waals surface area (Å²) in [6, 6.07) is 4.67. The van der Waals surface area contributed by atoms with Crippen LogP contribution in [0.5, 0.6) is 0 Å². The van der Waals surface area contributed by atoms with Gasteiger partial charge in [0.25, 0.3) is 0 Å². The minimum absolute atomic E-state index is 0.00266.